The molecule has 0 radical (unpaired) electrons. The minimum absolute atomic E-state index is 0.0971. The average molecular weight is 353 g/mol. The highest BCUT2D eigenvalue weighted by Gasteiger charge is 2.15. The second kappa shape index (κ2) is 7.12. The first-order valence-electron chi connectivity index (χ1n) is 6.86. The molecule has 7 heteroatoms. The van der Waals surface area contributed by atoms with E-state index in [1.807, 2.05) is 0 Å². The maximum absolute atomic E-state index is 12.3. The number of sulfonamides is 1. The Balaban J connectivity index is 2.14. The van der Waals surface area contributed by atoms with Crippen LogP contribution >= 0.6 is 11.6 Å². The van der Waals surface area contributed by atoms with Crippen molar-refractivity contribution in [1.29, 1.82) is 0 Å². The first-order valence-corrected chi connectivity index (χ1v) is 8.72. The largest absolute Gasteiger partial charge is 0.345 e. The topological polar surface area (TPSA) is 66.5 Å². The molecule has 23 heavy (non-hydrogen) atoms. The predicted molar refractivity (Wildman–Crippen MR) is 89.9 cm³/mol. The number of amides is 1. The van der Waals surface area contributed by atoms with Gasteiger partial charge in [-0.2, -0.15) is 0 Å². The molecule has 0 unspecified atom stereocenters. The van der Waals surface area contributed by atoms with Crippen LogP contribution in [0.3, 0.4) is 0 Å². The first kappa shape index (κ1) is 17.5. The van der Waals surface area contributed by atoms with Gasteiger partial charge in [-0.3, -0.25) is 4.79 Å². The van der Waals surface area contributed by atoms with E-state index in [1.165, 1.54) is 29.2 Å². The van der Waals surface area contributed by atoms with Gasteiger partial charge in [0.05, 0.1) is 4.90 Å². The van der Waals surface area contributed by atoms with E-state index in [0.29, 0.717) is 16.1 Å². The fraction of sp³-hybridized carbons (Fsp3) is 0.188. The molecule has 2 rings (SSSR count). The van der Waals surface area contributed by atoms with Crippen molar-refractivity contribution in [3.63, 3.8) is 0 Å². The second-order valence-corrected chi connectivity index (χ2v) is 7.31. The van der Waals surface area contributed by atoms with E-state index in [0.717, 1.165) is 0 Å². The van der Waals surface area contributed by atoms with Crippen molar-refractivity contribution in [2.45, 2.75) is 11.4 Å². The Morgan fingerprint density at radius 3 is 2.26 bits per heavy atom. The Bertz CT molecular complexity index is 802. The van der Waals surface area contributed by atoms with Crippen molar-refractivity contribution in [2.75, 3.05) is 14.1 Å². The lowest BCUT2D eigenvalue weighted by atomic mass is 10.2. The van der Waals surface area contributed by atoms with Crippen molar-refractivity contribution in [1.82, 2.24) is 9.62 Å². The van der Waals surface area contributed by atoms with Crippen LogP contribution in [0.25, 0.3) is 0 Å². The van der Waals surface area contributed by atoms with Crippen molar-refractivity contribution >= 4 is 27.5 Å². The highest BCUT2D eigenvalue weighted by Crippen LogP contribution is 2.16. The van der Waals surface area contributed by atoms with Crippen LogP contribution in [0.1, 0.15) is 15.9 Å². The molecule has 5 nitrogen and oxygen atoms in total. The van der Waals surface area contributed by atoms with Crippen LogP contribution in [0.5, 0.6) is 0 Å². The smallest absolute Gasteiger partial charge is 0.253 e. The summed E-state index contributed by atoms with van der Waals surface area (Å²) in [7, 11) is -0.397. The third-order valence-electron chi connectivity index (χ3n) is 3.23. The zero-order valence-electron chi connectivity index (χ0n) is 12.8. The summed E-state index contributed by atoms with van der Waals surface area (Å²) in [6, 6.07) is 12.8. The highest BCUT2D eigenvalue weighted by molar-refractivity contribution is 7.89. The Morgan fingerprint density at radius 2 is 1.70 bits per heavy atom. The summed E-state index contributed by atoms with van der Waals surface area (Å²) in [5.74, 6) is -0.182. The summed E-state index contributed by atoms with van der Waals surface area (Å²) in [6.45, 7) is 0.0976. The number of nitrogens with zero attached hydrogens (tertiary/aromatic N) is 1. The van der Waals surface area contributed by atoms with Crippen LogP contribution in [0.4, 0.5) is 0 Å². The molecule has 122 valence electrons. The molecule has 1 amide bonds. The van der Waals surface area contributed by atoms with E-state index in [9.17, 15) is 13.2 Å². The molecule has 0 saturated heterocycles. The van der Waals surface area contributed by atoms with Gasteiger partial charge in [0.2, 0.25) is 10.0 Å². The Labute approximate surface area is 140 Å². The SMILES string of the molecule is CN(C)C(=O)c1ccc(S(=O)(=O)NCc2ccccc2Cl)cc1. The van der Waals surface area contributed by atoms with Crippen LogP contribution < -0.4 is 4.72 Å². The molecule has 0 heterocycles. The normalized spacial score (nSPS) is 11.3. The van der Waals surface area contributed by atoms with Crippen LogP contribution in [0, 0.1) is 0 Å². The van der Waals surface area contributed by atoms with Gasteiger partial charge in [0.25, 0.3) is 5.91 Å². The van der Waals surface area contributed by atoms with Crippen molar-refractivity contribution in [2.24, 2.45) is 0 Å². The zero-order chi connectivity index (χ0) is 17.0. The van der Waals surface area contributed by atoms with E-state index in [2.05, 4.69) is 4.72 Å². The molecule has 0 aliphatic heterocycles. The molecule has 1 N–H and O–H groups in total. The molecule has 0 saturated carbocycles. The summed E-state index contributed by atoms with van der Waals surface area (Å²) < 4.78 is 27.1. The van der Waals surface area contributed by atoms with Crippen LogP contribution in [-0.2, 0) is 16.6 Å². The van der Waals surface area contributed by atoms with E-state index < -0.39 is 10.0 Å². The number of hydrogen-bond acceptors (Lipinski definition) is 3. The van der Waals surface area contributed by atoms with Crippen molar-refractivity contribution < 1.29 is 13.2 Å². The van der Waals surface area contributed by atoms with E-state index in [4.69, 9.17) is 11.6 Å². The van der Waals surface area contributed by atoms with Gasteiger partial charge in [0, 0.05) is 31.2 Å². The Hall–Kier alpha value is -1.89. The van der Waals surface area contributed by atoms with Gasteiger partial charge < -0.3 is 4.90 Å². The molecule has 0 fully saturated rings. The van der Waals surface area contributed by atoms with Crippen LogP contribution in [0.15, 0.2) is 53.4 Å². The number of hydrogen-bond donors (Lipinski definition) is 1. The first-order chi connectivity index (χ1) is 10.8. The molecular weight excluding hydrogens is 336 g/mol. The van der Waals surface area contributed by atoms with E-state index in [-0.39, 0.29) is 17.3 Å². The lowest BCUT2D eigenvalue weighted by molar-refractivity contribution is 0.0827. The number of nitrogens with one attached hydrogen (secondary N) is 1. The van der Waals surface area contributed by atoms with Gasteiger partial charge in [-0.1, -0.05) is 29.8 Å². The minimum atomic E-state index is -3.67. The fourth-order valence-corrected chi connectivity index (χ4v) is 3.14. The minimum Gasteiger partial charge on any atom is -0.345 e. The van der Waals surface area contributed by atoms with E-state index in [1.54, 1.807) is 38.4 Å². The molecule has 0 aliphatic carbocycles. The van der Waals surface area contributed by atoms with Crippen LogP contribution in [0.2, 0.25) is 5.02 Å². The number of halogens is 1. The second-order valence-electron chi connectivity index (χ2n) is 5.14. The number of carbonyl (C=O) groups excluding carboxylic acids is 1. The summed E-state index contributed by atoms with van der Waals surface area (Å²) in [5.41, 5.74) is 1.12. The van der Waals surface area contributed by atoms with Gasteiger partial charge in [0.15, 0.2) is 0 Å². The Kier molecular flexibility index (Phi) is 5.41. The third-order valence-corrected chi connectivity index (χ3v) is 5.01. The quantitative estimate of drug-likeness (QED) is 0.899. The summed E-state index contributed by atoms with van der Waals surface area (Å²) in [6.07, 6.45) is 0. The van der Waals surface area contributed by atoms with Crippen molar-refractivity contribution in [3.8, 4) is 0 Å². The number of carbonyl (C=O) groups is 1. The van der Waals surface area contributed by atoms with Gasteiger partial charge in [0.1, 0.15) is 0 Å². The number of benzene rings is 2. The van der Waals surface area contributed by atoms with Crippen LogP contribution in [-0.4, -0.2) is 33.3 Å². The molecule has 0 atom stereocenters. The molecule has 0 bridgehead atoms. The van der Waals surface area contributed by atoms with E-state index >= 15 is 0 Å². The van der Waals surface area contributed by atoms with Gasteiger partial charge in [-0.15, -0.1) is 0 Å². The average Bonchev–Trinajstić information content (AvgIpc) is 2.53. The maximum Gasteiger partial charge on any atom is 0.253 e. The summed E-state index contributed by atoms with van der Waals surface area (Å²) in [5, 5.41) is 0.502. The molecule has 2 aromatic carbocycles. The highest BCUT2D eigenvalue weighted by atomic mass is 35.5. The molecule has 0 aromatic heterocycles. The summed E-state index contributed by atoms with van der Waals surface area (Å²) in [4.78, 5) is 13.3. The Morgan fingerprint density at radius 1 is 1.09 bits per heavy atom. The monoisotopic (exact) mass is 352 g/mol. The lowest BCUT2D eigenvalue weighted by Gasteiger charge is -2.11. The fourth-order valence-electron chi connectivity index (χ4n) is 1.93. The molecule has 0 spiro atoms. The van der Waals surface area contributed by atoms with Gasteiger partial charge in [-0.05, 0) is 35.9 Å². The van der Waals surface area contributed by atoms with Gasteiger partial charge in [-0.25, -0.2) is 13.1 Å². The maximum atomic E-state index is 12.3. The zero-order valence-corrected chi connectivity index (χ0v) is 14.4. The molecular formula is C16H17ClN2O3S. The third kappa shape index (κ3) is 4.31. The molecule has 2 aromatic rings. The van der Waals surface area contributed by atoms with Crippen molar-refractivity contribution in [3.05, 3.63) is 64.7 Å². The predicted octanol–water partition coefficient (Wildman–Crippen LogP) is 2.52. The summed E-state index contributed by atoms with van der Waals surface area (Å²) >= 11 is 6.01. The number of rotatable bonds is 5. The lowest BCUT2D eigenvalue weighted by Crippen LogP contribution is -2.24. The molecule has 0 aliphatic rings. The standard InChI is InChI=1S/C16H17ClN2O3S/c1-19(2)16(20)12-7-9-14(10-8-12)23(21,22)18-11-13-5-3-4-6-15(13)17/h3-10,18H,11H2,1-2H3. The van der Waals surface area contributed by atoms with Gasteiger partial charge >= 0.3 is 0 Å².